The Balaban J connectivity index is 1.41. The molecule has 0 bridgehead atoms. The molecule has 2 N–H and O–H groups in total. The molecule has 0 amide bonds. The summed E-state index contributed by atoms with van der Waals surface area (Å²) >= 11 is 0. The Kier molecular flexibility index (Phi) is 4.14. The van der Waals surface area contributed by atoms with Crippen LogP contribution in [0, 0.1) is 0 Å². The van der Waals surface area contributed by atoms with E-state index in [0.29, 0.717) is 23.5 Å². The van der Waals surface area contributed by atoms with Crippen LogP contribution in [-0.4, -0.2) is 29.5 Å². The number of fused-ring (bicyclic) bond motifs is 1. The summed E-state index contributed by atoms with van der Waals surface area (Å²) in [6, 6.07) is 21.4. The lowest BCUT2D eigenvalue weighted by atomic mass is 10.3. The van der Waals surface area contributed by atoms with E-state index in [9.17, 15) is 4.79 Å². The van der Waals surface area contributed by atoms with Crippen molar-refractivity contribution >= 4 is 17.0 Å². The molecule has 3 heterocycles. The third-order valence-electron chi connectivity index (χ3n) is 4.54. The number of para-hydroxylation sites is 2. The van der Waals surface area contributed by atoms with Crippen LogP contribution in [0.2, 0.25) is 0 Å². The maximum atomic E-state index is 12.4. The van der Waals surface area contributed by atoms with Gasteiger partial charge in [0.1, 0.15) is 5.39 Å². The van der Waals surface area contributed by atoms with Crippen LogP contribution in [0.5, 0.6) is 0 Å². The molecule has 142 valence electrons. The highest BCUT2D eigenvalue weighted by molar-refractivity contribution is 5.76. The molecule has 0 saturated carbocycles. The van der Waals surface area contributed by atoms with Crippen LogP contribution < -0.4 is 10.9 Å². The molecular formula is C21H17N7O. The van der Waals surface area contributed by atoms with E-state index in [1.165, 1.54) is 6.20 Å². The second-order valence-corrected chi connectivity index (χ2v) is 6.48. The van der Waals surface area contributed by atoms with Gasteiger partial charge in [-0.15, -0.1) is 0 Å². The van der Waals surface area contributed by atoms with Crippen molar-refractivity contribution in [3.05, 3.63) is 95.2 Å². The molecule has 2 aromatic carbocycles. The third-order valence-corrected chi connectivity index (χ3v) is 4.54. The van der Waals surface area contributed by atoms with Gasteiger partial charge in [-0.2, -0.15) is 15.2 Å². The summed E-state index contributed by atoms with van der Waals surface area (Å²) < 4.78 is 3.46. The number of anilines is 1. The maximum Gasteiger partial charge on any atom is 0.263 e. The number of nitrogens with zero attached hydrogens (tertiary/aromatic N) is 5. The van der Waals surface area contributed by atoms with Crippen LogP contribution >= 0.6 is 0 Å². The van der Waals surface area contributed by atoms with Gasteiger partial charge in [0.05, 0.1) is 29.8 Å². The summed E-state index contributed by atoms with van der Waals surface area (Å²) in [5.41, 5.74) is 2.91. The highest BCUT2D eigenvalue weighted by Gasteiger charge is 2.11. The van der Waals surface area contributed by atoms with Crippen molar-refractivity contribution in [1.29, 1.82) is 0 Å². The molecule has 0 aliphatic carbocycles. The van der Waals surface area contributed by atoms with Gasteiger partial charge in [-0.3, -0.25) is 9.78 Å². The number of aromatic nitrogens is 6. The van der Waals surface area contributed by atoms with Crippen LogP contribution in [0.15, 0.2) is 83.9 Å². The van der Waals surface area contributed by atoms with Gasteiger partial charge >= 0.3 is 0 Å². The summed E-state index contributed by atoms with van der Waals surface area (Å²) in [6.45, 7) is 0.424. The third kappa shape index (κ3) is 3.27. The second-order valence-electron chi connectivity index (χ2n) is 6.48. The molecule has 0 aliphatic heterocycles. The monoisotopic (exact) mass is 383 g/mol. The van der Waals surface area contributed by atoms with Crippen molar-refractivity contribution in [2.45, 2.75) is 6.54 Å². The lowest BCUT2D eigenvalue weighted by molar-refractivity contribution is 0.840. The van der Waals surface area contributed by atoms with E-state index in [1.807, 2.05) is 72.9 Å². The first-order valence-corrected chi connectivity index (χ1v) is 9.15. The molecule has 0 aliphatic rings. The fourth-order valence-corrected chi connectivity index (χ4v) is 3.12. The van der Waals surface area contributed by atoms with Crippen molar-refractivity contribution in [2.75, 3.05) is 5.32 Å². The Morgan fingerprint density at radius 1 is 0.931 bits per heavy atom. The molecule has 5 aromatic rings. The zero-order chi connectivity index (χ0) is 19.6. The summed E-state index contributed by atoms with van der Waals surface area (Å²) in [7, 11) is 0. The summed E-state index contributed by atoms with van der Waals surface area (Å²) in [6.07, 6.45) is 3.43. The van der Waals surface area contributed by atoms with E-state index >= 15 is 0 Å². The molecule has 8 nitrogen and oxygen atoms in total. The van der Waals surface area contributed by atoms with Crippen molar-refractivity contribution in [3.8, 4) is 11.4 Å². The Hall–Kier alpha value is -4.20. The Bertz CT molecular complexity index is 1320. The zero-order valence-corrected chi connectivity index (χ0v) is 15.4. The SMILES string of the molecule is O=c1[nH]c(NCc2ccn(-c3ccccc3)n2)nc2c1cnn2-c1ccccc1. The smallest absolute Gasteiger partial charge is 0.263 e. The molecule has 3 aromatic heterocycles. The van der Waals surface area contributed by atoms with Crippen molar-refractivity contribution < 1.29 is 0 Å². The van der Waals surface area contributed by atoms with Crippen molar-refractivity contribution in [3.63, 3.8) is 0 Å². The fraction of sp³-hybridized carbons (Fsp3) is 0.0476. The second kappa shape index (κ2) is 7.08. The zero-order valence-electron chi connectivity index (χ0n) is 15.4. The Morgan fingerprint density at radius 3 is 2.41 bits per heavy atom. The van der Waals surface area contributed by atoms with Gasteiger partial charge in [-0.1, -0.05) is 36.4 Å². The predicted octanol–water partition coefficient (Wildman–Crippen LogP) is 2.91. The van der Waals surface area contributed by atoms with Crippen molar-refractivity contribution in [1.82, 2.24) is 29.5 Å². The van der Waals surface area contributed by atoms with E-state index in [1.54, 1.807) is 9.36 Å². The van der Waals surface area contributed by atoms with Gasteiger partial charge in [-0.05, 0) is 30.3 Å². The van der Waals surface area contributed by atoms with E-state index in [0.717, 1.165) is 17.1 Å². The molecule has 5 rings (SSSR count). The van der Waals surface area contributed by atoms with Crippen LogP contribution in [0.4, 0.5) is 5.95 Å². The van der Waals surface area contributed by atoms with Gasteiger partial charge in [-0.25, -0.2) is 9.36 Å². The maximum absolute atomic E-state index is 12.4. The lowest BCUT2D eigenvalue weighted by Gasteiger charge is -2.06. The first kappa shape index (κ1) is 16.9. The molecule has 0 fully saturated rings. The minimum Gasteiger partial charge on any atom is -0.350 e. The molecule has 8 heteroatoms. The van der Waals surface area contributed by atoms with E-state index in [-0.39, 0.29) is 5.56 Å². The quantitative estimate of drug-likeness (QED) is 0.487. The van der Waals surface area contributed by atoms with Crippen LogP contribution in [0.1, 0.15) is 5.69 Å². The fourth-order valence-electron chi connectivity index (χ4n) is 3.12. The minimum absolute atomic E-state index is 0.241. The predicted molar refractivity (Wildman–Crippen MR) is 110 cm³/mol. The Labute approximate surface area is 165 Å². The van der Waals surface area contributed by atoms with Gasteiger partial charge in [0, 0.05) is 6.20 Å². The molecule has 29 heavy (non-hydrogen) atoms. The van der Waals surface area contributed by atoms with E-state index < -0.39 is 0 Å². The van der Waals surface area contributed by atoms with Crippen LogP contribution in [-0.2, 0) is 6.54 Å². The van der Waals surface area contributed by atoms with E-state index in [4.69, 9.17) is 0 Å². The van der Waals surface area contributed by atoms with Crippen molar-refractivity contribution in [2.24, 2.45) is 0 Å². The van der Waals surface area contributed by atoms with Crippen LogP contribution in [0.25, 0.3) is 22.4 Å². The molecule has 0 saturated heterocycles. The lowest BCUT2D eigenvalue weighted by Crippen LogP contribution is -2.14. The highest BCUT2D eigenvalue weighted by Crippen LogP contribution is 2.15. The van der Waals surface area contributed by atoms with Gasteiger partial charge in [0.2, 0.25) is 5.95 Å². The number of benzene rings is 2. The summed E-state index contributed by atoms with van der Waals surface area (Å²) in [5, 5.41) is 12.4. The standard InChI is InChI=1S/C21H17N7O/c29-20-18-14-23-28(17-9-5-2-6-10-17)19(18)24-21(25-20)22-13-15-11-12-27(26-15)16-7-3-1-4-8-16/h1-12,14H,13H2,(H2,22,24,25,29). The Morgan fingerprint density at radius 2 is 1.66 bits per heavy atom. The highest BCUT2D eigenvalue weighted by atomic mass is 16.1. The number of H-pyrrole nitrogens is 1. The molecular weight excluding hydrogens is 366 g/mol. The van der Waals surface area contributed by atoms with Gasteiger partial charge in [0.15, 0.2) is 5.65 Å². The van der Waals surface area contributed by atoms with Gasteiger partial charge < -0.3 is 5.32 Å². The first-order chi connectivity index (χ1) is 14.3. The number of rotatable bonds is 5. The average Bonchev–Trinajstić information content (AvgIpc) is 3.41. The minimum atomic E-state index is -0.241. The topological polar surface area (TPSA) is 93.4 Å². The first-order valence-electron chi connectivity index (χ1n) is 9.15. The largest absolute Gasteiger partial charge is 0.350 e. The van der Waals surface area contributed by atoms with E-state index in [2.05, 4.69) is 25.5 Å². The average molecular weight is 383 g/mol. The molecule has 0 spiro atoms. The number of hydrogen-bond acceptors (Lipinski definition) is 5. The van der Waals surface area contributed by atoms with Crippen LogP contribution in [0.3, 0.4) is 0 Å². The molecule has 0 atom stereocenters. The summed E-state index contributed by atoms with van der Waals surface area (Å²) in [5.74, 6) is 0.370. The normalized spacial score (nSPS) is 11.0. The summed E-state index contributed by atoms with van der Waals surface area (Å²) in [4.78, 5) is 19.7. The number of hydrogen-bond donors (Lipinski definition) is 2. The van der Waals surface area contributed by atoms with Gasteiger partial charge in [0.25, 0.3) is 5.56 Å². The molecule has 0 radical (unpaired) electrons. The number of nitrogens with one attached hydrogen (secondary N) is 2. The number of aromatic amines is 1. The molecule has 0 unspecified atom stereocenters.